The second-order valence-corrected chi connectivity index (χ2v) is 2.66. The van der Waals surface area contributed by atoms with Crippen molar-refractivity contribution in [2.75, 3.05) is 0 Å². The van der Waals surface area contributed by atoms with Crippen LogP contribution in [0.3, 0.4) is 0 Å². The molecule has 0 bridgehead atoms. The van der Waals surface area contributed by atoms with Crippen molar-refractivity contribution in [1.82, 2.24) is 0 Å². The quantitative estimate of drug-likeness (QED) is 0.496. The van der Waals surface area contributed by atoms with Gasteiger partial charge >= 0.3 is 0 Å². The third-order valence-corrected chi connectivity index (χ3v) is 1.68. The maximum atomic E-state index is 3.63. The minimum Gasteiger partial charge on any atom is -0.121 e. The van der Waals surface area contributed by atoms with E-state index in [4.69, 9.17) is 0 Å². The summed E-state index contributed by atoms with van der Waals surface area (Å²) in [6.45, 7) is 14.0. The zero-order valence-corrected chi connectivity index (χ0v) is 8.95. The molecule has 0 atom stereocenters. The van der Waals surface area contributed by atoms with Crippen molar-refractivity contribution >= 4 is 6.08 Å². The molecule has 0 unspecified atom stereocenters. The molecule has 0 nitrogen and oxygen atoms in total. The summed E-state index contributed by atoms with van der Waals surface area (Å²) in [5.74, 6) is 0. The van der Waals surface area contributed by atoms with Crippen molar-refractivity contribution in [3.63, 3.8) is 0 Å². The van der Waals surface area contributed by atoms with Gasteiger partial charge in [-0.1, -0.05) is 74.9 Å². The smallest absolute Gasteiger partial charge is 0.0146 e. The van der Waals surface area contributed by atoms with E-state index in [-0.39, 0.29) is 0 Å². The van der Waals surface area contributed by atoms with Gasteiger partial charge in [-0.2, -0.15) is 0 Å². The summed E-state index contributed by atoms with van der Waals surface area (Å²) >= 11 is 0. The highest BCUT2D eigenvalue weighted by molar-refractivity contribution is 5.45. The second-order valence-electron chi connectivity index (χ2n) is 2.66. The van der Waals surface area contributed by atoms with E-state index in [1.807, 2.05) is 36.4 Å². The van der Waals surface area contributed by atoms with Gasteiger partial charge in [-0.3, -0.25) is 0 Å². The molecular weight excluding hydrogens is 180 g/mol. The lowest BCUT2D eigenvalue weighted by Crippen LogP contribution is -1.63. The Balaban J connectivity index is 0.000000265. The number of hydrogen-bond acceptors (Lipinski definition) is 0. The van der Waals surface area contributed by atoms with Crippen LogP contribution in [-0.4, -0.2) is 0 Å². The highest BCUT2D eigenvalue weighted by Gasteiger charge is 1.75. The summed E-state index contributed by atoms with van der Waals surface area (Å²) in [5, 5.41) is 0. The number of allylic oxidation sites excluding steroid dienone is 3. The van der Waals surface area contributed by atoms with Crippen LogP contribution in [0, 0.1) is 0 Å². The van der Waals surface area contributed by atoms with Crippen LogP contribution >= 0.6 is 0 Å². The van der Waals surface area contributed by atoms with Crippen LogP contribution in [0.5, 0.6) is 0 Å². The lowest BCUT2D eigenvalue weighted by atomic mass is 10.2. The Kier molecular flexibility index (Phi) is 7.39. The Bertz CT molecular complexity index is 352. The maximum absolute atomic E-state index is 3.63. The molecule has 0 aromatic heterocycles. The molecule has 0 aliphatic carbocycles. The SMILES string of the molecule is C=C=C(C=C)C=C.C=Cc1ccccc1. The molecule has 0 aliphatic rings. The van der Waals surface area contributed by atoms with Gasteiger partial charge in [-0.25, -0.2) is 0 Å². The molecule has 0 amide bonds. The Morgan fingerprint density at radius 2 is 1.53 bits per heavy atom. The molecule has 0 aliphatic heterocycles. The van der Waals surface area contributed by atoms with Gasteiger partial charge in [0, 0.05) is 5.57 Å². The standard InChI is InChI=1S/C8H8.C7H8/c1-2-8-6-4-3-5-7-8;1-4-7(5-2)6-3/h2-7H,1H2;4-5H,1-3H2. The van der Waals surface area contributed by atoms with Gasteiger partial charge in [-0.15, -0.1) is 5.73 Å². The zero-order chi connectivity index (χ0) is 11.5. The van der Waals surface area contributed by atoms with Crippen LogP contribution in [0.25, 0.3) is 6.08 Å². The number of hydrogen-bond donors (Lipinski definition) is 0. The molecule has 0 saturated carbocycles. The van der Waals surface area contributed by atoms with Crippen LogP contribution in [0.1, 0.15) is 5.56 Å². The highest BCUT2D eigenvalue weighted by Crippen LogP contribution is 1.97. The van der Waals surface area contributed by atoms with Crippen molar-refractivity contribution in [2.45, 2.75) is 0 Å². The first-order valence-corrected chi connectivity index (χ1v) is 4.61. The zero-order valence-electron chi connectivity index (χ0n) is 8.95. The first kappa shape index (κ1) is 13.0. The predicted octanol–water partition coefficient (Wildman–Crippen LogP) is 4.40. The van der Waals surface area contributed by atoms with Crippen molar-refractivity contribution in [3.05, 3.63) is 85.7 Å². The lowest BCUT2D eigenvalue weighted by molar-refractivity contribution is 1.67. The van der Waals surface area contributed by atoms with Gasteiger partial charge in [0.25, 0.3) is 0 Å². The van der Waals surface area contributed by atoms with Crippen LogP contribution < -0.4 is 0 Å². The first-order chi connectivity index (χ1) is 7.28. The molecule has 0 heteroatoms. The molecule has 1 rings (SSSR count). The van der Waals surface area contributed by atoms with E-state index in [0.717, 1.165) is 5.57 Å². The summed E-state index contributed by atoms with van der Waals surface area (Å²) in [6, 6.07) is 10.0. The molecule has 0 N–H and O–H groups in total. The van der Waals surface area contributed by atoms with E-state index in [0.29, 0.717) is 0 Å². The lowest BCUT2D eigenvalue weighted by Gasteiger charge is -1.85. The highest BCUT2D eigenvalue weighted by atomic mass is 13.8. The van der Waals surface area contributed by atoms with Gasteiger partial charge in [0.05, 0.1) is 0 Å². The monoisotopic (exact) mass is 196 g/mol. The van der Waals surface area contributed by atoms with E-state index in [1.54, 1.807) is 12.2 Å². The van der Waals surface area contributed by atoms with Crippen LogP contribution in [0.4, 0.5) is 0 Å². The van der Waals surface area contributed by atoms with E-state index in [2.05, 4.69) is 32.0 Å². The fourth-order valence-electron chi connectivity index (χ4n) is 0.817. The Morgan fingerprint density at radius 3 is 1.73 bits per heavy atom. The third-order valence-electron chi connectivity index (χ3n) is 1.68. The molecule has 0 spiro atoms. The van der Waals surface area contributed by atoms with Crippen molar-refractivity contribution < 1.29 is 0 Å². The van der Waals surface area contributed by atoms with Gasteiger partial charge in [0.2, 0.25) is 0 Å². The van der Waals surface area contributed by atoms with Crippen LogP contribution in [0.15, 0.2) is 80.1 Å². The average Bonchev–Trinajstić information content (AvgIpc) is 2.33. The molecule has 1 aromatic rings. The molecule has 76 valence electrons. The molecule has 0 fully saturated rings. The topological polar surface area (TPSA) is 0 Å². The first-order valence-electron chi connectivity index (χ1n) is 4.61. The molecule has 0 radical (unpaired) electrons. The Hall–Kier alpha value is -2.04. The normalized spacial score (nSPS) is 7.47. The summed E-state index contributed by atoms with van der Waals surface area (Å²) in [5.41, 5.74) is 4.65. The fraction of sp³-hybridized carbons (Fsp3) is 0. The molecule has 15 heavy (non-hydrogen) atoms. The largest absolute Gasteiger partial charge is 0.121 e. The van der Waals surface area contributed by atoms with E-state index >= 15 is 0 Å². The average molecular weight is 196 g/mol. The van der Waals surface area contributed by atoms with Gasteiger partial charge in [0.1, 0.15) is 0 Å². The predicted molar refractivity (Wildman–Crippen MR) is 69.6 cm³/mol. The maximum Gasteiger partial charge on any atom is 0.0146 e. The van der Waals surface area contributed by atoms with Gasteiger partial charge < -0.3 is 0 Å². The molecular formula is C15H16. The van der Waals surface area contributed by atoms with Crippen molar-refractivity contribution in [3.8, 4) is 0 Å². The summed E-state index contributed by atoms with van der Waals surface area (Å²) < 4.78 is 0. The summed E-state index contributed by atoms with van der Waals surface area (Å²) in [4.78, 5) is 0. The van der Waals surface area contributed by atoms with E-state index in [1.165, 1.54) is 5.56 Å². The van der Waals surface area contributed by atoms with Crippen LogP contribution in [-0.2, 0) is 0 Å². The summed E-state index contributed by atoms with van der Waals surface area (Å²) in [7, 11) is 0. The molecule has 0 saturated heterocycles. The van der Waals surface area contributed by atoms with Gasteiger partial charge in [-0.05, 0) is 5.56 Å². The van der Waals surface area contributed by atoms with Crippen LogP contribution in [0.2, 0.25) is 0 Å². The minimum atomic E-state index is 0.847. The van der Waals surface area contributed by atoms with Crippen molar-refractivity contribution in [1.29, 1.82) is 0 Å². The summed E-state index contributed by atoms with van der Waals surface area (Å²) in [6.07, 6.45) is 5.14. The van der Waals surface area contributed by atoms with E-state index in [9.17, 15) is 0 Å². The third kappa shape index (κ3) is 6.09. The fourth-order valence-corrected chi connectivity index (χ4v) is 0.817. The van der Waals surface area contributed by atoms with Gasteiger partial charge in [0.15, 0.2) is 0 Å². The Labute approximate surface area is 92.3 Å². The minimum absolute atomic E-state index is 0.847. The molecule has 0 heterocycles. The van der Waals surface area contributed by atoms with E-state index < -0.39 is 0 Å². The van der Waals surface area contributed by atoms with Crippen molar-refractivity contribution in [2.24, 2.45) is 0 Å². The molecule has 1 aromatic carbocycles. The number of rotatable bonds is 3. The Morgan fingerprint density at radius 1 is 1.00 bits per heavy atom. The number of benzene rings is 1. The second kappa shape index (κ2) is 8.55.